The molecular weight excluding hydrogens is 382 g/mol. The fourth-order valence-electron chi connectivity index (χ4n) is 2.75. The van der Waals surface area contributed by atoms with Gasteiger partial charge < -0.3 is 10.1 Å². The lowest BCUT2D eigenvalue weighted by atomic mass is 10.2. The number of halogens is 1. The van der Waals surface area contributed by atoms with E-state index < -0.39 is 0 Å². The fraction of sp³-hybridized carbons (Fsp3) is 0.263. The number of rotatable bonds is 6. The van der Waals surface area contributed by atoms with E-state index in [1.807, 2.05) is 55.5 Å². The van der Waals surface area contributed by atoms with E-state index >= 15 is 0 Å². The van der Waals surface area contributed by atoms with Crippen LogP contribution >= 0.6 is 15.9 Å². The van der Waals surface area contributed by atoms with Gasteiger partial charge in [-0.05, 0) is 43.3 Å². The smallest absolute Gasteiger partial charge is 0.266 e. The molecular formula is C19H20BrN3O2. The molecule has 1 N–H and O–H groups in total. The van der Waals surface area contributed by atoms with Crippen molar-refractivity contribution in [2.75, 3.05) is 20.3 Å². The highest BCUT2D eigenvalue weighted by Crippen LogP contribution is 2.19. The minimum absolute atomic E-state index is 0.0664. The molecule has 0 amide bonds. The first-order valence-corrected chi connectivity index (χ1v) is 8.91. The SMILES string of the molecule is COCCNC(C)c1nc2ccccc2c(=O)n1-c1ccc(Br)cc1. The van der Waals surface area contributed by atoms with Gasteiger partial charge in [0.15, 0.2) is 0 Å². The largest absolute Gasteiger partial charge is 0.383 e. The third-order valence-electron chi connectivity index (χ3n) is 4.03. The molecule has 0 radical (unpaired) electrons. The van der Waals surface area contributed by atoms with Crippen LogP contribution in [0.3, 0.4) is 0 Å². The van der Waals surface area contributed by atoms with E-state index in [0.717, 1.165) is 10.2 Å². The second kappa shape index (κ2) is 7.91. The summed E-state index contributed by atoms with van der Waals surface area (Å²) < 4.78 is 7.74. The standard InChI is InChI=1S/C19H20BrN3O2/c1-13(21-11-12-25-2)18-22-17-6-4-3-5-16(17)19(24)23(18)15-9-7-14(20)8-10-15/h3-10,13,21H,11-12H2,1-2H3. The monoisotopic (exact) mass is 401 g/mol. The van der Waals surface area contributed by atoms with E-state index in [4.69, 9.17) is 9.72 Å². The Morgan fingerprint density at radius 2 is 1.92 bits per heavy atom. The molecule has 3 aromatic rings. The Labute approximate surface area is 154 Å². The van der Waals surface area contributed by atoms with E-state index in [0.29, 0.717) is 29.9 Å². The van der Waals surface area contributed by atoms with Crippen molar-refractivity contribution in [3.8, 4) is 5.69 Å². The molecule has 0 saturated carbocycles. The van der Waals surface area contributed by atoms with Crippen LogP contribution < -0.4 is 10.9 Å². The van der Waals surface area contributed by atoms with Crippen LogP contribution in [0.25, 0.3) is 16.6 Å². The molecule has 5 nitrogen and oxygen atoms in total. The Hall–Kier alpha value is -2.02. The van der Waals surface area contributed by atoms with Gasteiger partial charge in [0.05, 0.1) is 29.2 Å². The zero-order chi connectivity index (χ0) is 17.8. The number of nitrogens with one attached hydrogen (secondary N) is 1. The molecule has 2 aromatic carbocycles. The Bertz CT molecular complexity index is 922. The van der Waals surface area contributed by atoms with Crippen molar-refractivity contribution in [1.29, 1.82) is 0 Å². The highest BCUT2D eigenvalue weighted by atomic mass is 79.9. The minimum atomic E-state index is -0.101. The first-order chi connectivity index (χ1) is 12.1. The third kappa shape index (κ3) is 3.81. The predicted molar refractivity (Wildman–Crippen MR) is 103 cm³/mol. The van der Waals surface area contributed by atoms with E-state index in [9.17, 15) is 4.79 Å². The molecule has 1 atom stereocenters. The Morgan fingerprint density at radius 3 is 2.64 bits per heavy atom. The average Bonchev–Trinajstić information content (AvgIpc) is 2.63. The topological polar surface area (TPSA) is 56.1 Å². The van der Waals surface area contributed by atoms with Crippen LogP contribution in [-0.4, -0.2) is 29.8 Å². The van der Waals surface area contributed by atoms with Crippen molar-refractivity contribution >= 4 is 26.8 Å². The molecule has 0 aliphatic heterocycles. The van der Waals surface area contributed by atoms with Crippen molar-refractivity contribution in [2.45, 2.75) is 13.0 Å². The molecule has 0 spiro atoms. The van der Waals surface area contributed by atoms with Crippen molar-refractivity contribution in [1.82, 2.24) is 14.9 Å². The second-order valence-corrected chi connectivity index (χ2v) is 6.69. The summed E-state index contributed by atoms with van der Waals surface area (Å²) in [5, 5.41) is 3.97. The molecule has 0 saturated heterocycles. The first-order valence-electron chi connectivity index (χ1n) is 8.12. The molecule has 0 aliphatic carbocycles. The molecule has 3 rings (SSSR count). The number of methoxy groups -OCH3 is 1. The number of aromatic nitrogens is 2. The number of ether oxygens (including phenoxy) is 1. The number of para-hydroxylation sites is 1. The maximum absolute atomic E-state index is 13.1. The summed E-state index contributed by atoms with van der Waals surface area (Å²) in [7, 11) is 1.67. The zero-order valence-corrected chi connectivity index (χ0v) is 15.8. The maximum Gasteiger partial charge on any atom is 0.266 e. The summed E-state index contributed by atoms with van der Waals surface area (Å²) >= 11 is 3.44. The van der Waals surface area contributed by atoms with Gasteiger partial charge in [-0.25, -0.2) is 4.98 Å². The summed E-state index contributed by atoms with van der Waals surface area (Å²) in [6.07, 6.45) is 0. The summed E-state index contributed by atoms with van der Waals surface area (Å²) in [6, 6.07) is 15.0. The van der Waals surface area contributed by atoms with Gasteiger partial charge in [0, 0.05) is 18.1 Å². The lowest BCUT2D eigenvalue weighted by molar-refractivity contribution is 0.196. The van der Waals surface area contributed by atoms with Crippen LogP contribution in [-0.2, 0) is 4.74 Å². The predicted octanol–water partition coefficient (Wildman–Crippen LogP) is 3.45. The summed E-state index contributed by atoms with van der Waals surface area (Å²) in [5.41, 5.74) is 1.43. The van der Waals surface area contributed by atoms with Gasteiger partial charge in [0.1, 0.15) is 5.82 Å². The zero-order valence-electron chi connectivity index (χ0n) is 14.2. The molecule has 1 aromatic heterocycles. The van der Waals surface area contributed by atoms with Crippen LogP contribution in [0.1, 0.15) is 18.8 Å². The van der Waals surface area contributed by atoms with Crippen LogP contribution in [0.15, 0.2) is 57.8 Å². The van der Waals surface area contributed by atoms with E-state index in [1.165, 1.54) is 0 Å². The fourth-order valence-corrected chi connectivity index (χ4v) is 3.01. The summed E-state index contributed by atoms with van der Waals surface area (Å²) in [6.45, 7) is 3.28. The van der Waals surface area contributed by atoms with E-state index in [2.05, 4.69) is 21.2 Å². The molecule has 130 valence electrons. The minimum Gasteiger partial charge on any atom is -0.383 e. The first kappa shape index (κ1) is 17.8. The van der Waals surface area contributed by atoms with Crippen molar-refractivity contribution < 1.29 is 4.74 Å². The van der Waals surface area contributed by atoms with Crippen LogP contribution in [0.4, 0.5) is 0 Å². The van der Waals surface area contributed by atoms with Crippen molar-refractivity contribution in [3.05, 3.63) is 69.2 Å². The van der Waals surface area contributed by atoms with E-state index in [1.54, 1.807) is 11.7 Å². The second-order valence-electron chi connectivity index (χ2n) is 5.77. The highest BCUT2D eigenvalue weighted by Gasteiger charge is 2.17. The summed E-state index contributed by atoms with van der Waals surface area (Å²) in [5.74, 6) is 0.683. The number of fused-ring (bicyclic) bond motifs is 1. The van der Waals surface area contributed by atoms with Crippen molar-refractivity contribution in [2.24, 2.45) is 0 Å². The maximum atomic E-state index is 13.1. The average molecular weight is 402 g/mol. The Morgan fingerprint density at radius 1 is 1.20 bits per heavy atom. The highest BCUT2D eigenvalue weighted by molar-refractivity contribution is 9.10. The normalized spacial score (nSPS) is 12.4. The molecule has 0 bridgehead atoms. The number of hydrogen-bond donors (Lipinski definition) is 1. The lowest BCUT2D eigenvalue weighted by Gasteiger charge is -2.19. The van der Waals surface area contributed by atoms with Crippen LogP contribution in [0, 0.1) is 0 Å². The lowest BCUT2D eigenvalue weighted by Crippen LogP contribution is -2.31. The van der Waals surface area contributed by atoms with E-state index in [-0.39, 0.29) is 11.6 Å². The quantitative estimate of drug-likeness (QED) is 0.642. The molecule has 0 aliphatic rings. The van der Waals surface area contributed by atoms with Gasteiger partial charge in [-0.15, -0.1) is 0 Å². The Kier molecular flexibility index (Phi) is 5.63. The third-order valence-corrected chi connectivity index (χ3v) is 4.56. The van der Waals surface area contributed by atoms with Gasteiger partial charge in [-0.3, -0.25) is 9.36 Å². The molecule has 6 heteroatoms. The van der Waals surface area contributed by atoms with Gasteiger partial charge in [-0.2, -0.15) is 0 Å². The van der Waals surface area contributed by atoms with Crippen molar-refractivity contribution in [3.63, 3.8) is 0 Å². The molecule has 1 heterocycles. The molecule has 25 heavy (non-hydrogen) atoms. The van der Waals surface area contributed by atoms with Gasteiger partial charge >= 0.3 is 0 Å². The van der Waals surface area contributed by atoms with Crippen LogP contribution in [0.5, 0.6) is 0 Å². The number of benzene rings is 2. The molecule has 0 fully saturated rings. The molecule has 1 unspecified atom stereocenters. The van der Waals surface area contributed by atoms with Gasteiger partial charge in [0.2, 0.25) is 0 Å². The number of hydrogen-bond acceptors (Lipinski definition) is 4. The Balaban J connectivity index is 2.17. The van der Waals surface area contributed by atoms with Gasteiger partial charge in [-0.1, -0.05) is 28.1 Å². The summed E-state index contributed by atoms with van der Waals surface area (Å²) in [4.78, 5) is 17.9. The number of nitrogens with zero attached hydrogens (tertiary/aromatic N) is 2. The van der Waals surface area contributed by atoms with Crippen LogP contribution in [0.2, 0.25) is 0 Å². The van der Waals surface area contributed by atoms with Gasteiger partial charge in [0.25, 0.3) is 5.56 Å².